The summed E-state index contributed by atoms with van der Waals surface area (Å²) in [5, 5.41) is 0. The minimum absolute atomic E-state index is 0.387. The van der Waals surface area contributed by atoms with Crippen molar-refractivity contribution in [2.45, 2.75) is 57.1 Å². The summed E-state index contributed by atoms with van der Waals surface area (Å²) in [5.41, 5.74) is 5.75. The van der Waals surface area contributed by atoms with Crippen LogP contribution in [0.2, 0.25) is 0 Å². The number of aliphatic imine (C=N–C) groups is 1. The molecule has 0 aromatic rings. The molecular weight excluding hydrogens is 200 g/mol. The van der Waals surface area contributed by atoms with Crippen molar-refractivity contribution in [3.8, 4) is 0 Å². The fourth-order valence-corrected chi connectivity index (χ4v) is 3.41. The molecule has 0 spiro atoms. The monoisotopic (exact) mass is 222 g/mol. The number of rotatable bonds is 2. The minimum atomic E-state index is 0.387. The average Bonchev–Trinajstić information content (AvgIpc) is 2.96. The van der Waals surface area contributed by atoms with Gasteiger partial charge in [-0.25, -0.2) is 4.99 Å². The molecule has 1 aliphatic heterocycles. The fraction of sp³-hybridized carbons (Fsp3) is 0.923. The Balaban J connectivity index is 1.66. The summed E-state index contributed by atoms with van der Waals surface area (Å²) in [6.07, 6.45) is 9.21. The Morgan fingerprint density at radius 2 is 2.00 bits per heavy atom. The first kappa shape index (κ1) is 10.6. The average molecular weight is 222 g/mol. The zero-order valence-corrected chi connectivity index (χ0v) is 9.90. The molecule has 1 heterocycles. The molecule has 0 saturated heterocycles. The van der Waals surface area contributed by atoms with Crippen molar-refractivity contribution >= 4 is 5.90 Å². The Morgan fingerprint density at radius 3 is 2.75 bits per heavy atom. The maximum atomic E-state index is 6.05. The van der Waals surface area contributed by atoms with Gasteiger partial charge in [0.05, 0.1) is 6.04 Å². The van der Waals surface area contributed by atoms with Crippen LogP contribution in [0.15, 0.2) is 4.99 Å². The van der Waals surface area contributed by atoms with Gasteiger partial charge in [0.15, 0.2) is 5.90 Å². The van der Waals surface area contributed by atoms with Gasteiger partial charge >= 0.3 is 0 Å². The third-order valence-electron chi connectivity index (χ3n) is 4.47. The number of hydrogen-bond acceptors (Lipinski definition) is 3. The number of fused-ring (bicyclic) bond motifs is 1. The maximum Gasteiger partial charge on any atom is 0.187 e. The van der Waals surface area contributed by atoms with Crippen molar-refractivity contribution < 1.29 is 4.74 Å². The van der Waals surface area contributed by atoms with Gasteiger partial charge in [-0.15, -0.1) is 0 Å². The first-order valence-electron chi connectivity index (χ1n) is 6.81. The van der Waals surface area contributed by atoms with Crippen molar-refractivity contribution in [1.29, 1.82) is 0 Å². The smallest absolute Gasteiger partial charge is 0.187 e. The molecule has 0 aromatic heterocycles. The molecule has 2 aliphatic carbocycles. The van der Waals surface area contributed by atoms with Gasteiger partial charge in [-0.3, -0.25) is 0 Å². The summed E-state index contributed by atoms with van der Waals surface area (Å²) in [7, 11) is 0. The van der Waals surface area contributed by atoms with Crippen molar-refractivity contribution in [3.05, 3.63) is 0 Å². The van der Waals surface area contributed by atoms with Gasteiger partial charge in [-0.05, 0) is 44.6 Å². The quantitative estimate of drug-likeness (QED) is 0.777. The van der Waals surface area contributed by atoms with Crippen LogP contribution >= 0.6 is 0 Å². The topological polar surface area (TPSA) is 47.6 Å². The highest BCUT2D eigenvalue weighted by molar-refractivity contribution is 5.81. The molecule has 90 valence electrons. The maximum absolute atomic E-state index is 6.05. The molecule has 0 radical (unpaired) electrons. The summed E-state index contributed by atoms with van der Waals surface area (Å²) in [5.74, 6) is 2.41. The summed E-state index contributed by atoms with van der Waals surface area (Å²) in [6.45, 7) is 0.817. The summed E-state index contributed by atoms with van der Waals surface area (Å²) < 4.78 is 6.05. The zero-order valence-electron chi connectivity index (χ0n) is 9.90. The predicted octanol–water partition coefficient (Wildman–Crippen LogP) is 2.10. The van der Waals surface area contributed by atoms with Crippen LogP contribution in [0.4, 0.5) is 0 Å². The van der Waals surface area contributed by atoms with Crippen LogP contribution in [0.25, 0.3) is 0 Å². The Labute approximate surface area is 97.4 Å². The van der Waals surface area contributed by atoms with E-state index < -0.39 is 0 Å². The first-order chi connectivity index (χ1) is 7.86. The number of nitrogens with two attached hydrogens (primary N) is 1. The van der Waals surface area contributed by atoms with Gasteiger partial charge in [-0.2, -0.15) is 0 Å². The van der Waals surface area contributed by atoms with Crippen LogP contribution in [-0.2, 0) is 4.74 Å². The minimum Gasteiger partial charge on any atom is -0.475 e. The highest BCUT2D eigenvalue weighted by atomic mass is 16.5. The van der Waals surface area contributed by atoms with Crippen molar-refractivity contribution in [2.75, 3.05) is 6.54 Å². The first-order valence-corrected chi connectivity index (χ1v) is 6.81. The van der Waals surface area contributed by atoms with Gasteiger partial charge in [0.2, 0.25) is 0 Å². The fourth-order valence-electron chi connectivity index (χ4n) is 3.41. The number of nitrogens with zero attached hydrogens (tertiary/aromatic N) is 1. The van der Waals surface area contributed by atoms with Crippen molar-refractivity contribution in [2.24, 2.45) is 22.6 Å². The van der Waals surface area contributed by atoms with E-state index in [-0.39, 0.29) is 0 Å². The Hall–Kier alpha value is -0.570. The van der Waals surface area contributed by atoms with Crippen molar-refractivity contribution in [1.82, 2.24) is 0 Å². The van der Waals surface area contributed by atoms with E-state index >= 15 is 0 Å². The van der Waals surface area contributed by atoms with E-state index in [0.717, 1.165) is 25.3 Å². The second-order valence-corrected chi connectivity index (χ2v) is 5.59. The van der Waals surface area contributed by atoms with Crippen LogP contribution in [-0.4, -0.2) is 24.6 Å². The molecule has 0 bridgehead atoms. The number of hydrogen-bond donors (Lipinski definition) is 1. The highest BCUT2D eigenvalue weighted by Crippen LogP contribution is 2.36. The SMILES string of the molecule is NCC1CCC2OC(C3CCCC3)=NC2C1. The van der Waals surface area contributed by atoms with Gasteiger partial charge in [0.25, 0.3) is 0 Å². The third kappa shape index (κ3) is 1.86. The molecule has 3 nitrogen and oxygen atoms in total. The zero-order chi connectivity index (χ0) is 11.0. The van der Waals surface area contributed by atoms with Crippen LogP contribution in [0.3, 0.4) is 0 Å². The van der Waals surface area contributed by atoms with E-state index in [2.05, 4.69) is 0 Å². The van der Waals surface area contributed by atoms with Crippen LogP contribution < -0.4 is 5.73 Å². The standard InChI is InChI=1S/C13H22N2O/c14-8-9-5-6-12-11(7-9)15-13(16-12)10-3-1-2-4-10/h9-12H,1-8,14H2. The molecule has 3 unspecified atom stereocenters. The van der Waals surface area contributed by atoms with Gasteiger partial charge in [0.1, 0.15) is 6.10 Å². The van der Waals surface area contributed by atoms with E-state index in [4.69, 9.17) is 15.5 Å². The van der Waals surface area contributed by atoms with Crippen LogP contribution in [0, 0.1) is 11.8 Å². The lowest BCUT2D eigenvalue weighted by atomic mass is 9.84. The lowest BCUT2D eigenvalue weighted by Gasteiger charge is -2.28. The molecule has 2 saturated carbocycles. The molecule has 16 heavy (non-hydrogen) atoms. The molecule has 3 heteroatoms. The highest BCUT2D eigenvalue weighted by Gasteiger charge is 2.38. The predicted molar refractivity (Wildman–Crippen MR) is 64.4 cm³/mol. The second kappa shape index (κ2) is 4.36. The Morgan fingerprint density at radius 1 is 1.19 bits per heavy atom. The van der Waals surface area contributed by atoms with E-state index in [9.17, 15) is 0 Å². The van der Waals surface area contributed by atoms with E-state index in [0.29, 0.717) is 24.0 Å². The van der Waals surface area contributed by atoms with Gasteiger partial charge in [0, 0.05) is 5.92 Å². The van der Waals surface area contributed by atoms with E-state index in [1.54, 1.807) is 0 Å². The largest absolute Gasteiger partial charge is 0.475 e. The third-order valence-corrected chi connectivity index (χ3v) is 4.47. The van der Waals surface area contributed by atoms with Gasteiger partial charge in [-0.1, -0.05) is 12.8 Å². The lowest BCUT2D eigenvalue weighted by molar-refractivity contribution is 0.123. The summed E-state index contributed by atoms with van der Waals surface area (Å²) in [6, 6.07) is 0.429. The molecular formula is C13H22N2O. The number of ether oxygens (including phenoxy) is 1. The van der Waals surface area contributed by atoms with Crippen LogP contribution in [0.1, 0.15) is 44.9 Å². The summed E-state index contributed by atoms with van der Waals surface area (Å²) >= 11 is 0. The Kier molecular flexibility index (Phi) is 2.88. The molecule has 2 fully saturated rings. The second-order valence-electron chi connectivity index (χ2n) is 5.59. The lowest BCUT2D eigenvalue weighted by Crippen LogP contribution is -2.33. The molecule has 3 aliphatic rings. The summed E-state index contributed by atoms with van der Waals surface area (Å²) in [4.78, 5) is 4.83. The van der Waals surface area contributed by atoms with E-state index in [1.807, 2.05) is 0 Å². The van der Waals surface area contributed by atoms with Crippen molar-refractivity contribution in [3.63, 3.8) is 0 Å². The molecule has 0 aromatic carbocycles. The van der Waals surface area contributed by atoms with Crippen LogP contribution in [0.5, 0.6) is 0 Å². The van der Waals surface area contributed by atoms with Gasteiger partial charge < -0.3 is 10.5 Å². The Bertz CT molecular complexity index is 284. The molecule has 3 rings (SSSR count). The van der Waals surface area contributed by atoms with E-state index in [1.165, 1.54) is 32.1 Å². The normalized spacial score (nSPS) is 39.3. The molecule has 3 atom stereocenters. The molecule has 0 amide bonds. The molecule has 2 N–H and O–H groups in total.